The largest absolute Gasteiger partial charge is 0.480 e. The molecule has 1 aliphatic carbocycles. The predicted octanol–water partition coefficient (Wildman–Crippen LogP) is -0.230. The van der Waals surface area contributed by atoms with Crippen LogP contribution < -0.4 is 5.32 Å². The number of aliphatic hydroxyl groups is 1. The maximum Gasteiger partial charge on any atom is 0.319 e. The summed E-state index contributed by atoms with van der Waals surface area (Å²) in [5, 5.41) is 21.8. The van der Waals surface area contributed by atoms with Crippen LogP contribution in [0.15, 0.2) is 0 Å². The molecule has 0 aliphatic heterocycles. The van der Waals surface area contributed by atoms with Gasteiger partial charge in [-0.25, -0.2) is 0 Å². The van der Waals surface area contributed by atoms with Gasteiger partial charge in [-0.2, -0.15) is 0 Å². The summed E-state index contributed by atoms with van der Waals surface area (Å²) < 4.78 is 9.92. The van der Waals surface area contributed by atoms with E-state index in [0.29, 0.717) is 13.2 Å². The average Bonchev–Trinajstić information content (AvgIpc) is 3.18. The monoisotopic (exact) mass is 289 g/mol. The highest BCUT2D eigenvalue weighted by Crippen LogP contribution is 2.27. The molecule has 116 valence electrons. The van der Waals surface area contributed by atoms with E-state index < -0.39 is 23.4 Å². The van der Waals surface area contributed by atoms with Crippen molar-refractivity contribution in [3.63, 3.8) is 0 Å². The van der Waals surface area contributed by atoms with Gasteiger partial charge in [-0.1, -0.05) is 0 Å². The van der Waals surface area contributed by atoms with Gasteiger partial charge in [-0.05, 0) is 19.8 Å². The summed E-state index contributed by atoms with van der Waals surface area (Å²) in [7, 11) is 1.53. The highest BCUT2D eigenvalue weighted by molar-refractivity contribution is 6.01. The Kier molecular flexibility index (Phi) is 6.38. The van der Waals surface area contributed by atoms with Crippen LogP contribution in [-0.4, -0.2) is 61.2 Å². The Bertz CT molecular complexity index is 344. The lowest BCUT2D eigenvalue weighted by molar-refractivity contribution is -0.157. The molecule has 3 N–H and O–H groups in total. The van der Waals surface area contributed by atoms with Crippen molar-refractivity contribution >= 4 is 11.9 Å². The lowest BCUT2D eigenvalue weighted by Crippen LogP contribution is -2.47. The fourth-order valence-electron chi connectivity index (χ4n) is 1.74. The predicted molar refractivity (Wildman–Crippen MR) is 70.2 cm³/mol. The van der Waals surface area contributed by atoms with Crippen LogP contribution in [0.3, 0.4) is 0 Å². The molecule has 0 saturated heterocycles. The Morgan fingerprint density at radius 1 is 1.40 bits per heavy atom. The number of ether oxygens (including phenoxy) is 2. The lowest BCUT2D eigenvalue weighted by atomic mass is 9.83. The molecule has 7 nitrogen and oxygen atoms in total. The average molecular weight is 289 g/mol. The Morgan fingerprint density at radius 3 is 2.55 bits per heavy atom. The number of hydrogen-bond acceptors (Lipinski definition) is 5. The summed E-state index contributed by atoms with van der Waals surface area (Å²) in [6.07, 6.45) is 0.556. The minimum absolute atomic E-state index is 0.0249. The first-order valence-corrected chi connectivity index (χ1v) is 6.69. The Hall–Kier alpha value is -1.18. The minimum Gasteiger partial charge on any atom is -0.480 e. The van der Waals surface area contributed by atoms with Gasteiger partial charge in [-0.15, -0.1) is 0 Å². The van der Waals surface area contributed by atoms with Crippen LogP contribution in [0.2, 0.25) is 0 Å². The number of rotatable bonds is 10. The number of carboxylic acid groups (broad SMARTS) is 1. The van der Waals surface area contributed by atoms with Gasteiger partial charge in [0.05, 0.1) is 25.9 Å². The third-order valence-corrected chi connectivity index (χ3v) is 3.27. The number of methoxy groups -OCH3 is 1. The molecule has 1 fully saturated rings. The molecule has 0 aromatic rings. The number of aliphatic hydroxyl groups excluding tert-OH is 1. The molecular weight excluding hydrogens is 266 g/mol. The molecule has 0 aromatic heterocycles. The van der Waals surface area contributed by atoms with E-state index >= 15 is 0 Å². The number of nitrogens with one attached hydrogen (secondary N) is 1. The fraction of sp³-hybridized carbons (Fsp3) is 0.846. The number of carboxylic acids is 1. The molecule has 1 saturated carbocycles. The van der Waals surface area contributed by atoms with E-state index in [-0.39, 0.29) is 19.1 Å². The Morgan fingerprint density at radius 2 is 2.05 bits per heavy atom. The normalized spacial score (nSPS) is 19.1. The van der Waals surface area contributed by atoms with Gasteiger partial charge in [-0.3, -0.25) is 9.59 Å². The van der Waals surface area contributed by atoms with Crippen molar-refractivity contribution in [2.24, 2.45) is 5.41 Å². The molecule has 1 aliphatic rings. The number of carbonyl (C=O) groups is 2. The number of aliphatic carboxylic acids is 1. The second-order valence-electron chi connectivity index (χ2n) is 5.31. The smallest absolute Gasteiger partial charge is 0.319 e. The zero-order valence-corrected chi connectivity index (χ0v) is 11.9. The first-order chi connectivity index (χ1) is 9.40. The van der Waals surface area contributed by atoms with Gasteiger partial charge in [0.2, 0.25) is 5.91 Å². The highest BCUT2D eigenvalue weighted by Gasteiger charge is 2.44. The molecule has 0 spiro atoms. The molecule has 0 heterocycles. The van der Waals surface area contributed by atoms with Crippen molar-refractivity contribution in [3.8, 4) is 0 Å². The molecule has 1 rings (SSSR count). The van der Waals surface area contributed by atoms with Crippen LogP contribution in [0.4, 0.5) is 0 Å². The lowest BCUT2D eigenvalue weighted by Gasteiger charge is -2.26. The maximum absolute atomic E-state index is 12.0. The molecule has 2 atom stereocenters. The van der Waals surface area contributed by atoms with Crippen LogP contribution in [0.5, 0.6) is 0 Å². The summed E-state index contributed by atoms with van der Waals surface area (Å²) >= 11 is 0. The number of amides is 1. The topological polar surface area (TPSA) is 105 Å². The van der Waals surface area contributed by atoms with E-state index in [9.17, 15) is 19.8 Å². The van der Waals surface area contributed by atoms with Crippen molar-refractivity contribution in [1.82, 2.24) is 5.32 Å². The first kappa shape index (κ1) is 16.9. The zero-order valence-electron chi connectivity index (χ0n) is 11.9. The van der Waals surface area contributed by atoms with Gasteiger partial charge < -0.3 is 25.0 Å². The van der Waals surface area contributed by atoms with Crippen molar-refractivity contribution in [2.75, 3.05) is 26.9 Å². The summed E-state index contributed by atoms with van der Waals surface area (Å²) in [6.45, 7) is 2.01. The summed E-state index contributed by atoms with van der Waals surface area (Å²) in [5.74, 6) is -1.80. The van der Waals surface area contributed by atoms with Gasteiger partial charge in [0.15, 0.2) is 0 Å². The first-order valence-electron chi connectivity index (χ1n) is 6.69. The van der Waals surface area contributed by atoms with E-state index in [4.69, 9.17) is 9.47 Å². The number of carbonyl (C=O) groups excluding carboxylic acids is 1. The minimum atomic E-state index is -1.65. The van der Waals surface area contributed by atoms with Gasteiger partial charge in [0.1, 0.15) is 5.41 Å². The summed E-state index contributed by atoms with van der Waals surface area (Å²) in [5.41, 5.74) is -1.65. The van der Waals surface area contributed by atoms with Gasteiger partial charge in [0.25, 0.3) is 0 Å². The van der Waals surface area contributed by atoms with Gasteiger partial charge in [0, 0.05) is 19.6 Å². The molecule has 2 unspecified atom stereocenters. The standard InChI is InChI=1S/C13H23NO6/c1-13(12(17)18,11(16)14-9-3-4-9)7-10(15)8-20-6-5-19-2/h9-10,15H,3-8H2,1-2H3,(H,14,16)(H,17,18). The van der Waals surface area contributed by atoms with Crippen LogP contribution in [0.25, 0.3) is 0 Å². The molecule has 1 amide bonds. The van der Waals surface area contributed by atoms with E-state index in [2.05, 4.69) is 5.32 Å². The summed E-state index contributed by atoms with van der Waals surface area (Å²) in [4.78, 5) is 23.3. The third-order valence-electron chi connectivity index (χ3n) is 3.27. The number of hydrogen-bond donors (Lipinski definition) is 3. The molecule has 20 heavy (non-hydrogen) atoms. The van der Waals surface area contributed by atoms with Crippen molar-refractivity contribution < 1.29 is 29.3 Å². The van der Waals surface area contributed by atoms with E-state index in [0.717, 1.165) is 12.8 Å². The van der Waals surface area contributed by atoms with Crippen LogP contribution in [0.1, 0.15) is 26.2 Å². The highest BCUT2D eigenvalue weighted by atomic mass is 16.5. The molecule has 0 aromatic carbocycles. The third kappa shape index (κ3) is 5.07. The Balaban J connectivity index is 2.47. The second-order valence-corrected chi connectivity index (χ2v) is 5.31. The quantitative estimate of drug-likeness (QED) is 0.379. The van der Waals surface area contributed by atoms with Crippen LogP contribution in [0, 0.1) is 5.41 Å². The zero-order chi connectivity index (χ0) is 15.2. The second kappa shape index (κ2) is 7.56. The molecule has 0 radical (unpaired) electrons. The summed E-state index contributed by atoms with van der Waals surface area (Å²) in [6, 6.07) is 0.0799. The fourth-order valence-corrected chi connectivity index (χ4v) is 1.74. The van der Waals surface area contributed by atoms with Crippen LogP contribution in [-0.2, 0) is 19.1 Å². The van der Waals surface area contributed by atoms with Gasteiger partial charge >= 0.3 is 5.97 Å². The van der Waals surface area contributed by atoms with Crippen molar-refractivity contribution in [3.05, 3.63) is 0 Å². The molecule has 0 bridgehead atoms. The van der Waals surface area contributed by atoms with E-state index in [1.165, 1.54) is 14.0 Å². The van der Waals surface area contributed by atoms with E-state index in [1.807, 2.05) is 0 Å². The maximum atomic E-state index is 12.0. The van der Waals surface area contributed by atoms with Crippen LogP contribution >= 0.6 is 0 Å². The Labute approximate surface area is 118 Å². The van der Waals surface area contributed by atoms with Crippen molar-refractivity contribution in [2.45, 2.75) is 38.3 Å². The van der Waals surface area contributed by atoms with Crippen molar-refractivity contribution in [1.29, 1.82) is 0 Å². The SMILES string of the molecule is COCCOCC(O)CC(C)(C(=O)O)C(=O)NC1CC1. The molecule has 7 heteroatoms. The van der Waals surface area contributed by atoms with E-state index in [1.54, 1.807) is 0 Å². The molecular formula is C13H23NO6.